The Bertz CT molecular complexity index is 443. The molecule has 0 aliphatic rings. The van der Waals surface area contributed by atoms with Crippen molar-refractivity contribution in [3.05, 3.63) is 35.9 Å². The summed E-state index contributed by atoms with van der Waals surface area (Å²) in [5, 5.41) is 2.64. The third kappa shape index (κ3) is 5.23. The van der Waals surface area contributed by atoms with Gasteiger partial charge < -0.3 is 5.32 Å². The quantitative estimate of drug-likeness (QED) is 0.786. The number of hydrogen-bond acceptors (Lipinski definition) is 3. The minimum Gasteiger partial charge on any atom is -0.353 e. The maximum Gasteiger partial charge on any atom is 0.232 e. The molecule has 1 N–H and O–H groups in total. The first-order valence-corrected chi connectivity index (χ1v) is 7.20. The molecule has 0 aliphatic carbocycles. The van der Waals surface area contributed by atoms with E-state index in [-0.39, 0.29) is 29.2 Å². The van der Waals surface area contributed by atoms with E-state index in [1.807, 2.05) is 19.9 Å². The third-order valence-corrected chi connectivity index (χ3v) is 3.30. The SMILES string of the molecule is CC(C)NC(=O)CS(=O)CC(=O)c1ccccc1. The molecule has 0 saturated heterocycles. The van der Waals surface area contributed by atoms with Gasteiger partial charge in [-0.3, -0.25) is 13.8 Å². The highest BCUT2D eigenvalue weighted by molar-refractivity contribution is 7.86. The van der Waals surface area contributed by atoms with Crippen LogP contribution in [0.1, 0.15) is 24.2 Å². The number of benzene rings is 1. The Balaban J connectivity index is 2.46. The zero-order valence-corrected chi connectivity index (χ0v) is 11.3. The van der Waals surface area contributed by atoms with Gasteiger partial charge in [0.25, 0.3) is 0 Å². The zero-order chi connectivity index (χ0) is 13.5. The van der Waals surface area contributed by atoms with Crippen molar-refractivity contribution in [2.24, 2.45) is 0 Å². The minimum absolute atomic E-state index is 0.0133. The van der Waals surface area contributed by atoms with Crippen LogP contribution < -0.4 is 5.32 Å². The van der Waals surface area contributed by atoms with E-state index in [9.17, 15) is 13.8 Å². The summed E-state index contributed by atoms with van der Waals surface area (Å²) in [4.78, 5) is 23.1. The van der Waals surface area contributed by atoms with E-state index in [0.29, 0.717) is 5.56 Å². The predicted octanol–water partition coefficient (Wildman–Crippen LogP) is 1.14. The molecule has 1 amide bonds. The highest BCUT2D eigenvalue weighted by Gasteiger charge is 2.14. The number of amides is 1. The fraction of sp³-hybridized carbons (Fsp3) is 0.385. The van der Waals surface area contributed by atoms with Gasteiger partial charge in [0, 0.05) is 22.4 Å². The topological polar surface area (TPSA) is 63.2 Å². The molecule has 5 heteroatoms. The molecule has 0 spiro atoms. The number of rotatable bonds is 6. The lowest BCUT2D eigenvalue weighted by atomic mass is 10.2. The van der Waals surface area contributed by atoms with Crippen molar-refractivity contribution in [1.82, 2.24) is 5.32 Å². The van der Waals surface area contributed by atoms with Crippen LogP contribution >= 0.6 is 0 Å². The van der Waals surface area contributed by atoms with E-state index >= 15 is 0 Å². The number of Topliss-reactive ketones (excluding diaryl/α,β-unsaturated/α-hetero) is 1. The van der Waals surface area contributed by atoms with Crippen molar-refractivity contribution in [3.63, 3.8) is 0 Å². The molecule has 1 aromatic rings. The Labute approximate surface area is 109 Å². The molecule has 98 valence electrons. The van der Waals surface area contributed by atoms with Gasteiger partial charge in [0.2, 0.25) is 5.91 Å². The second-order valence-corrected chi connectivity index (χ2v) is 5.70. The molecule has 0 bridgehead atoms. The van der Waals surface area contributed by atoms with Gasteiger partial charge in [-0.05, 0) is 13.8 Å². The molecule has 1 rings (SSSR count). The summed E-state index contributed by atoms with van der Waals surface area (Å²) in [6, 6.07) is 8.67. The van der Waals surface area contributed by atoms with Crippen LogP contribution in [0.5, 0.6) is 0 Å². The molecule has 0 fully saturated rings. The fourth-order valence-electron chi connectivity index (χ4n) is 1.41. The highest BCUT2D eigenvalue weighted by atomic mass is 32.2. The number of nitrogens with one attached hydrogen (secondary N) is 1. The van der Waals surface area contributed by atoms with Gasteiger partial charge >= 0.3 is 0 Å². The Morgan fingerprint density at radius 1 is 1.17 bits per heavy atom. The van der Waals surface area contributed by atoms with Crippen LogP contribution in [0.25, 0.3) is 0 Å². The smallest absolute Gasteiger partial charge is 0.232 e. The first kappa shape index (κ1) is 14.6. The second-order valence-electron chi connectivity index (χ2n) is 4.24. The first-order valence-electron chi connectivity index (χ1n) is 5.71. The van der Waals surface area contributed by atoms with Gasteiger partial charge in [-0.2, -0.15) is 0 Å². The van der Waals surface area contributed by atoms with E-state index < -0.39 is 10.8 Å². The standard InChI is InChI=1S/C13H17NO3S/c1-10(2)14-13(16)9-18(17)8-12(15)11-6-4-3-5-7-11/h3-7,10H,8-9H2,1-2H3,(H,14,16). The molecule has 0 aliphatic heterocycles. The van der Waals surface area contributed by atoms with Gasteiger partial charge in [-0.1, -0.05) is 30.3 Å². The van der Waals surface area contributed by atoms with E-state index in [1.54, 1.807) is 24.3 Å². The number of hydrogen-bond donors (Lipinski definition) is 1. The molecule has 4 nitrogen and oxygen atoms in total. The maximum atomic E-state index is 11.7. The van der Waals surface area contributed by atoms with Crippen LogP contribution in [0.4, 0.5) is 0 Å². The summed E-state index contributed by atoms with van der Waals surface area (Å²) >= 11 is 0. The largest absolute Gasteiger partial charge is 0.353 e. The number of carbonyl (C=O) groups is 2. The summed E-state index contributed by atoms with van der Waals surface area (Å²) in [5.41, 5.74) is 0.523. The van der Waals surface area contributed by atoms with Crippen molar-refractivity contribution in [2.75, 3.05) is 11.5 Å². The molecule has 1 unspecified atom stereocenters. The molecule has 0 radical (unpaired) electrons. The van der Waals surface area contributed by atoms with Crippen LogP contribution in [0, 0.1) is 0 Å². The van der Waals surface area contributed by atoms with Crippen LogP contribution in [0.2, 0.25) is 0 Å². The van der Waals surface area contributed by atoms with Crippen LogP contribution in [0.3, 0.4) is 0 Å². The van der Waals surface area contributed by atoms with Gasteiger partial charge in [0.15, 0.2) is 5.78 Å². The van der Waals surface area contributed by atoms with Crippen molar-refractivity contribution in [1.29, 1.82) is 0 Å². The number of carbonyl (C=O) groups excluding carboxylic acids is 2. The van der Waals surface area contributed by atoms with Crippen LogP contribution in [0.15, 0.2) is 30.3 Å². The highest BCUT2D eigenvalue weighted by Crippen LogP contribution is 2.01. The molecule has 1 atom stereocenters. The Morgan fingerprint density at radius 2 is 1.78 bits per heavy atom. The van der Waals surface area contributed by atoms with Gasteiger partial charge in [-0.15, -0.1) is 0 Å². The van der Waals surface area contributed by atoms with Gasteiger partial charge in [0.1, 0.15) is 5.75 Å². The fourth-order valence-corrected chi connectivity index (χ4v) is 2.35. The molecular weight excluding hydrogens is 250 g/mol. The van der Waals surface area contributed by atoms with E-state index in [0.717, 1.165) is 0 Å². The monoisotopic (exact) mass is 267 g/mol. The number of ketones is 1. The van der Waals surface area contributed by atoms with Crippen molar-refractivity contribution >= 4 is 22.5 Å². The first-order chi connectivity index (χ1) is 8.49. The third-order valence-electron chi connectivity index (χ3n) is 2.13. The lowest BCUT2D eigenvalue weighted by Gasteiger charge is -2.07. The van der Waals surface area contributed by atoms with Crippen molar-refractivity contribution in [2.45, 2.75) is 19.9 Å². The molecule has 0 aromatic heterocycles. The Hall–Kier alpha value is -1.49. The Morgan fingerprint density at radius 3 is 2.33 bits per heavy atom. The molecular formula is C13H17NO3S. The lowest BCUT2D eigenvalue weighted by molar-refractivity contribution is -0.119. The predicted molar refractivity (Wildman–Crippen MR) is 71.9 cm³/mol. The summed E-state index contributed by atoms with van der Waals surface area (Å²) in [5.74, 6) is -0.734. The van der Waals surface area contributed by atoms with E-state index in [1.165, 1.54) is 0 Å². The Kier molecular flexibility index (Phi) is 5.71. The second kappa shape index (κ2) is 7.06. The molecule has 0 heterocycles. The van der Waals surface area contributed by atoms with Crippen molar-refractivity contribution in [3.8, 4) is 0 Å². The molecule has 1 aromatic carbocycles. The zero-order valence-electron chi connectivity index (χ0n) is 10.5. The van der Waals surface area contributed by atoms with Gasteiger partial charge in [0.05, 0.1) is 5.75 Å². The van der Waals surface area contributed by atoms with Crippen LogP contribution in [-0.2, 0) is 15.6 Å². The van der Waals surface area contributed by atoms with Crippen LogP contribution in [-0.4, -0.2) is 33.4 Å². The molecule has 18 heavy (non-hydrogen) atoms. The lowest BCUT2D eigenvalue weighted by Crippen LogP contribution is -2.34. The summed E-state index contributed by atoms with van der Waals surface area (Å²) in [6.45, 7) is 3.66. The van der Waals surface area contributed by atoms with E-state index in [4.69, 9.17) is 0 Å². The summed E-state index contributed by atoms with van der Waals surface area (Å²) < 4.78 is 11.6. The average molecular weight is 267 g/mol. The van der Waals surface area contributed by atoms with Crippen molar-refractivity contribution < 1.29 is 13.8 Å². The normalized spacial score (nSPS) is 12.2. The minimum atomic E-state index is -1.46. The maximum absolute atomic E-state index is 11.7. The van der Waals surface area contributed by atoms with Gasteiger partial charge in [-0.25, -0.2) is 0 Å². The van der Waals surface area contributed by atoms with E-state index in [2.05, 4.69) is 5.32 Å². The average Bonchev–Trinajstić information content (AvgIpc) is 2.28. The summed E-state index contributed by atoms with van der Waals surface area (Å²) in [7, 11) is -1.46. The molecule has 0 saturated carbocycles. The summed E-state index contributed by atoms with van der Waals surface area (Å²) in [6.07, 6.45) is 0.